The molecule has 0 aliphatic heterocycles. The molecule has 12 heavy (non-hydrogen) atoms. The number of nitrogens with one attached hydrogen (secondary N) is 1. The summed E-state index contributed by atoms with van der Waals surface area (Å²) in [6.07, 6.45) is 0. The first-order chi connectivity index (χ1) is 5.66. The first-order valence-electron chi connectivity index (χ1n) is 3.56. The first kappa shape index (κ1) is 6.97. The van der Waals surface area contributed by atoms with E-state index in [9.17, 15) is 4.79 Å². The van der Waals surface area contributed by atoms with Crippen LogP contribution >= 0.6 is 0 Å². The van der Waals surface area contributed by atoms with Gasteiger partial charge in [-0.25, -0.2) is 4.79 Å². The number of H-pyrrole nitrogens is 1. The molecule has 0 saturated heterocycles. The predicted octanol–water partition coefficient (Wildman–Crippen LogP) is 1.01. The van der Waals surface area contributed by atoms with Crippen LogP contribution in [0.3, 0.4) is 0 Å². The Morgan fingerprint density at radius 2 is 2.25 bits per heavy atom. The molecule has 62 valence electrons. The van der Waals surface area contributed by atoms with Crippen LogP contribution in [-0.4, -0.2) is 4.98 Å². The Morgan fingerprint density at radius 1 is 1.50 bits per heavy atom. The molecule has 0 amide bonds. The van der Waals surface area contributed by atoms with Crippen molar-refractivity contribution in [1.29, 1.82) is 0 Å². The summed E-state index contributed by atoms with van der Waals surface area (Å²) in [6.45, 7) is 1.88. The Hall–Kier alpha value is -1.71. The number of oxazole rings is 1. The predicted molar refractivity (Wildman–Crippen MR) is 46.0 cm³/mol. The van der Waals surface area contributed by atoms with Crippen molar-refractivity contribution in [2.75, 3.05) is 5.73 Å². The molecule has 2 aromatic rings. The Kier molecular flexibility index (Phi) is 1.24. The molecule has 0 atom stereocenters. The van der Waals surface area contributed by atoms with Crippen LogP contribution in [0.2, 0.25) is 0 Å². The van der Waals surface area contributed by atoms with Gasteiger partial charge in [0.25, 0.3) is 0 Å². The van der Waals surface area contributed by atoms with Gasteiger partial charge in [-0.05, 0) is 18.6 Å². The standard InChI is InChI=1S/C8H8N2O2/c1-4-2-6-7(3-5(4)9)12-8(11)10-6/h2-3H,9H2,1H3,(H,10,11). The lowest BCUT2D eigenvalue weighted by atomic mass is 10.2. The van der Waals surface area contributed by atoms with Gasteiger partial charge >= 0.3 is 5.76 Å². The molecule has 4 nitrogen and oxygen atoms in total. The second-order valence-corrected chi connectivity index (χ2v) is 2.72. The molecule has 1 aromatic carbocycles. The highest BCUT2D eigenvalue weighted by Gasteiger charge is 2.02. The van der Waals surface area contributed by atoms with E-state index in [1.165, 1.54) is 0 Å². The summed E-state index contributed by atoms with van der Waals surface area (Å²) in [4.78, 5) is 13.3. The Morgan fingerprint density at radius 3 is 3.00 bits per heavy atom. The lowest BCUT2D eigenvalue weighted by Crippen LogP contribution is -1.93. The average Bonchev–Trinajstić information content (AvgIpc) is 2.30. The van der Waals surface area contributed by atoms with Crippen molar-refractivity contribution in [3.8, 4) is 0 Å². The molecule has 0 aliphatic rings. The molecule has 0 radical (unpaired) electrons. The van der Waals surface area contributed by atoms with Gasteiger partial charge in [0.2, 0.25) is 0 Å². The smallest absolute Gasteiger partial charge is 0.408 e. The van der Waals surface area contributed by atoms with Crippen LogP contribution < -0.4 is 11.5 Å². The molecular weight excluding hydrogens is 156 g/mol. The van der Waals surface area contributed by atoms with Crippen LogP contribution in [-0.2, 0) is 0 Å². The third kappa shape index (κ3) is 0.887. The van der Waals surface area contributed by atoms with Crippen molar-refractivity contribution in [2.24, 2.45) is 0 Å². The van der Waals surface area contributed by atoms with E-state index in [1.54, 1.807) is 12.1 Å². The van der Waals surface area contributed by atoms with Crippen molar-refractivity contribution >= 4 is 16.8 Å². The Labute approximate surface area is 68.0 Å². The van der Waals surface area contributed by atoms with Crippen LogP contribution in [0, 0.1) is 6.92 Å². The summed E-state index contributed by atoms with van der Waals surface area (Å²) in [6, 6.07) is 3.43. The first-order valence-corrected chi connectivity index (χ1v) is 3.56. The number of benzene rings is 1. The molecule has 0 unspecified atom stereocenters. The van der Waals surface area contributed by atoms with Crippen molar-refractivity contribution in [2.45, 2.75) is 6.92 Å². The maximum absolute atomic E-state index is 10.7. The topological polar surface area (TPSA) is 72.0 Å². The second kappa shape index (κ2) is 2.14. The quantitative estimate of drug-likeness (QED) is 0.571. The fourth-order valence-electron chi connectivity index (χ4n) is 1.12. The van der Waals surface area contributed by atoms with Crippen molar-refractivity contribution in [3.63, 3.8) is 0 Å². The summed E-state index contributed by atoms with van der Waals surface area (Å²) >= 11 is 0. The zero-order valence-corrected chi connectivity index (χ0v) is 6.55. The number of aromatic nitrogens is 1. The Balaban J connectivity index is 2.92. The molecule has 1 aromatic heterocycles. The lowest BCUT2D eigenvalue weighted by molar-refractivity contribution is 0.555. The van der Waals surface area contributed by atoms with E-state index in [0.29, 0.717) is 16.8 Å². The minimum atomic E-state index is -0.449. The van der Waals surface area contributed by atoms with Gasteiger partial charge in [0.15, 0.2) is 5.58 Å². The number of fused-ring (bicyclic) bond motifs is 1. The van der Waals surface area contributed by atoms with Gasteiger partial charge in [-0.15, -0.1) is 0 Å². The number of nitrogens with two attached hydrogens (primary N) is 1. The molecule has 0 bridgehead atoms. The van der Waals surface area contributed by atoms with Gasteiger partial charge in [-0.1, -0.05) is 0 Å². The molecule has 2 rings (SSSR count). The van der Waals surface area contributed by atoms with E-state index < -0.39 is 5.76 Å². The van der Waals surface area contributed by atoms with E-state index in [0.717, 1.165) is 5.56 Å². The van der Waals surface area contributed by atoms with E-state index >= 15 is 0 Å². The van der Waals surface area contributed by atoms with Crippen LogP contribution in [0.4, 0.5) is 5.69 Å². The van der Waals surface area contributed by atoms with Gasteiger partial charge in [-0.2, -0.15) is 0 Å². The van der Waals surface area contributed by atoms with Gasteiger partial charge in [0.05, 0.1) is 5.52 Å². The summed E-state index contributed by atoms with van der Waals surface area (Å²) in [5.41, 5.74) is 8.37. The zero-order valence-electron chi connectivity index (χ0n) is 6.55. The fourth-order valence-corrected chi connectivity index (χ4v) is 1.12. The summed E-state index contributed by atoms with van der Waals surface area (Å²) < 4.78 is 4.81. The normalized spacial score (nSPS) is 10.8. The molecular formula is C8H8N2O2. The van der Waals surface area contributed by atoms with E-state index in [2.05, 4.69) is 4.98 Å². The van der Waals surface area contributed by atoms with Crippen LogP contribution in [0.1, 0.15) is 5.56 Å². The van der Waals surface area contributed by atoms with Crippen molar-refractivity contribution in [3.05, 3.63) is 28.2 Å². The third-order valence-electron chi connectivity index (χ3n) is 1.81. The van der Waals surface area contributed by atoms with E-state index in [-0.39, 0.29) is 0 Å². The number of hydrogen-bond acceptors (Lipinski definition) is 3. The summed E-state index contributed by atoms with van der Waals surface area (Å²) in [5, 5.41) is 0. The maximum atomic E-state index is 10.7. The average molecular weight is 164 g/mol. The van der Waals surface area contributed by atoms with Crippen LogP contribution in [0.5, 0.6) is 0 Å². The van der Waals surface area contributed by atoms with Crippen molar-refractivity contribution < 1.29 is 4.42 Å². The summed E-state index contributed by atoms with van der Waals surface area (Å²) in [5.74, 6) is -0.449. The minimum Gasteiger partial charge on any atom is -0.408 e. The van der Waals surface area contributed by atoms with Gasteiger partial charge in [0, 0.05) is 11.8 Å². The highest BCUT2D eigenvalue weighted by Crippen LogP contribution is 2.18. The summed E-state index contributed by atoms with van der Waals surface area (Å²) in [7, 11) is 0. The van der Waals surface area contributed by atoms with E-state index in [1.807, 2.05) is 6.92 Å². The van der Waals surface area contributed by atoms with Crippen LogP contribution in [0.25, 0.3) is 11.1 Å². The van der Waals surface area contributed by atoms with Gasteiger partial charge < -0.3 is 10.2 Å². The largest absolute Gasteiger partial charge is 0.417 e. The fraction of sp³-hybridized carbons (Fsp3) is 0.125. The van der Waals surface area contributed by atoms with Crippen LogP contribution in [0.15, 0.2) is 21.3 Å². The number of aryl methyl sites for hydroxylation is 1. The minimum absolute atomic E-state index is 0.449. The number of nitrogen functional groups attached to an aromatic ring is 1. The number of rotatable bonds is 0. The molecule has 0 aliphatic carbocycles. The van der Waals surface area contributed by atoms with Gasteiger partial charge in [0.1, 0.15) is 0 Å². The number of anilines is 1. The number of hydrogen-bond donors (Lipinski definition) is 2. The van der Waals surface area contributed by atoms with Crippen molar-refractivity contribution in [1.82, 2.24) is 4.98 Å². The monoisotopic (exact) mass is 164 g/mol. The third-order valence-corrected chi connectivity index (χ3v) is 1.81. The second-order valence-electron chi connectivity index (χ2n) is 2.72. The van der Waals surface area contributed by atoms with Gasteiger partial charge in [-0.3, -0.25) is 4.98 Å². The SMILES string of the molecule is Cc1cc2[nH]c(=O)oc2cc1N. The molecule has 0 spiro atoms. The maximum Gasteiger partial charge on any atom is 0.417 e. The molecule has 0 saturated carbocycles. The lowest BCUT2D eigenvalue weighted by Gasteiger charge is -1.96. The molecule has 3 N–H and O–H groups in total. The van der Waals surface area contributed by atoms with E-state index in [4.69, 9.17) is 10.2 Å². The Bertz CT molecular complexity index is 439. The zero-order chi connectivity index (χ0) is 8.72. The highest BCUT2D eigenvalue weighted by molar-refractivity contribution is 5.78. The molecule has 1 heterocycles. The molecule has 4 heteroatoms. The number of aromatic amines is 1. The molecule has 0 fully saturated rings. The highest BCUT2D eigenvalue weighted by atomic mass is 16.4.